The third-order valence-electron chi connectivity index (χ3n) is 4.24. The molecule has 2 rings (SSSR count). The largest absolute Gasteiger partial charge is 0.339 e. The highest BCUT2D eigenvalue weighted by molar-refractivity contribution is 5.77. The first kappa shape index (κ1) is 11.0. The van der Waals surface area contributed by atoms with Gasteiger partial charge in [-0.3, -0.25) is 4.79 Å². The van der Waals surface area contributed by atoms with Gasteiger partial charge in [-0.1, -0.05) is 20.8 Å². The van der Waals surface area contributed by atoms with Gasteiger partial charge in [0, 0.05) is 19.0 Å². The van der Waals surface area contributed by atoms with E-state index >= 15 is 0 Å². The van der Waals surface area contributed by atoms with Gasteiger partial charge in [-0.05, 0) is 37.0 Å². The summed E-state index contributed by atoms with van der Waals surface area (Å²) in [5.74, 6) is 2.87. The lowest BCUT2D eigenvalue weighted by atomic mass is 9.85. The molecule has 3 unspecified atom stereocenters. The molecule has 2 nitrogen and oxygen atoms in total. The van der Waals surface area contributed by atoms with Crippen molar-refractivity contribution in [2.45, 2.75) is 52.5 Å². The molecule has 86 valence electrons. The molecule has 1 heterocycles. The number of nitrogens with zero attached hydrogens (tertiary/aromatic N) is 1. The van der Waals surface area contributed by atoms with Gasteiger partial charge in [-0.15, -0.1) is 0 Å². The van der Waals surface area contributed by atoms with E-state index in [1.165, 1.54) is 12.8 Å². The Kier molecular flexibility index (Phi) is 3.03. The zero-order valence-electron chi connectivity index (χ0n) is 10.2. The van der Waals surface area contributed by atoms with Gasteiger partial charge >= 0.3 is 0 Å². The minimum absolute atomic E-state index is 0.396. The molecule has 1 aliphatic carbocycles. The van der Waals surface area contributed by atoms with Crippen LogP contribution in [-0.4, -0.2) is 23.4 Å². The van der Waals surface area contributed by atoms with Crippen LogP contribution in [0, 0.1) is 17.8 Å². The van der Waals surface area contributed by atoms with Crippen molar-refractivity contribution >= 4 is 5.91 Å². The molecule has 1 saturated carbocycles. The Morgan fingerprint density at radius 2 is 2.13 bits per heavy atom. The molecule has 0 aromatic rings. The molecule has 0 aromatic carbocycles. The van der Waals surface area contributed by atoms with E-state index in [0.717, 1.165) is 37.1 Å². The molecule has 0 N–H and O–H groups in total. The number of carbonyl (C=O) groups is 1. The average molecular weight is 209 g/mol. The summed E-state index contributed by atoms with van der Waals surface area (Å²) < 4.78 is 0. The Morgan fingerprint density at radius 1 is 1.40 bits per heavy atom. The SMILES string of the molecule is CCCC(=O)N1CC2CC1CC2C(C)C. The maximum Gasteiger partial charge on any atom is 0.222 e. The van der Waals surface area contributed by atoms with Gasteiger partial charge in [0.2, 0.25) is 5.91 Å². The monoisotopic (exact) mass is 209 g/mol. The lowest BCUT2D eigenvalue weighted by Gasteiger charge is -2.33. The van der Waals surface area contributed by atoms with Gasteiger partial charge < -0.3 is 4.90 Å². The molecule has 2 fully saturated rings. The number of hydrogen-bond donors (Lipinski definition) is 0. The maximum atomic E-state index is 11.8. The first-order valence-electron chi connectivity index (χ1n) is 6.43. The molecule has 0 aromatic heterocycles. The fourth-order valence-corrected chi connectivity index (χ4v) is 3.47. The smallest absolute Gasteiger partial charge is 0.222 e. The summed E-state index contributed by atoms with van der Waals surface area (Å²) in [6.45, 7) is 7.78. The van der Waals surface area contributed by atoms with Crippen LogP contribution in [0.2, 0.25) is 0 Å². The van der Waals surface area contributed by atoms with Crippen LogP contribution < -0.4 is 0 Å². The Bertz CT molecular complexity index is 249. The molecule has 0 radical (unpaired) electrons. The van der Waals surface area contributed by atoms with Crippen LogP contribution in [0.3, 0.4) is 0 Å². The first-order valence-corrected chi connectivity index (χ1v) is 6.43. The summed E-state index contributed by atoms with van der Waals surface area (Å²) >= 11 is 0. The van der Waals surface area contributed by atoms with Gasteiger partial charge in [0.15, 0.2) is 0 Å². The van der Waals surface area contributed by atoms with E-state index in [0.29, 0.717) is 11.9 Å². The summed E-state index contributed by atoms with van der Waals surface area (Å²) in [5.41, 5.74) is 0. The van der Waals surface area contributed by atoms with E-state index in [9.17, 15) is 4.79 Å². The number of hydrogen-bond acceptors (Lipinski definition) is 1. The van der Waals surface area contributed by atoms with Gasteiger partial charge in [0.25, 0.3) is 0 Å². The predicted octanol–water partition coefficient (Wildman–Crippen LogP) is 2.68. The average Bonchev–Trinajstić information content (AvgIpc) is 2.76. The lowest BCUT2D eigenvalue weighted by Crippen LogP contribution is -2.40. The number of fused-ring (bicyclic) bond motifs is 2. The Balaban J connectivity index is 1.94. The van der Waals surface area contributed by atoms with E-state index in [2.05, 4.69) is 25.7 Å². The van der Waals surface area contributed by atoms with Crippen molar-refractivity contribution in [1.29, 1.82) is 0 Å². The first-order chi connectivity index (χ1) is 7.13. The zero-order chi connectivity index (χ0) is 11.0. The van der Waals surface area contributed by atoms with E-state index in [1.54, 1.807) is 0 Å². The van der Waals surface area contributed by atoms with Crippen LogP contribution in [0.5, 0.6) is 0 Å². The molecule has 15 heavy (non-hydrogen) atoms. The molecular formula is C13H23NO. The third kappa shape index (κ3) is 1.91. The quantitative estimate of drug-likeness (QED) is 0.700. The van der Waals surface area contributed by atoms with Crippen LogP contribution in [-0.2, 0) is 4.79 Å². The van der Waals surface area contributed by atoms with Crippen LogP contribution >= 0.6 is 0 Å². The summed E-state index contributed by atoms with van der Waals surface area (Å²) in [7, 11) is 0. The Morgan fingerprint density at radius 3 is 2.60 bits per heavy atom. The molecule has 1 aliphatic heterocycles. The molecular weight excluding hydrogens is 186 g/mol. The summed E-state index contributed by atoms with van der Waals surface area (Å²) in [5, 5.41) is 0. The van der Waals surface area contributed by atoms with Gasteiger partial charge in [-0.2, -0.15) is 0 Å². The molecule has 1 amide bonds. The summed E-state index contributed by atoms with van der Waals surface area (Å²) in [6.07, 6.45) is 4.27. The molecule has 0 spiro atoms. The van der Waals surface area contributed by atoms with E-state index in [-0.39, 0.29) is 0 Å². The minimum Gasteiger partial charge on any atom is -0.339 e. The van der Waals surface area contributed by atoms with Gasteiger partial charge in [-0.25, -0.2) is 0 Å². The van der Waals surface area contributed by atoms with Crippen molar-refractivity contribution in [2.24, 2.45) is 17.8 Å². The third-order valence-corrected chi connectivity index (χ3v) is 4.24. The number of rotatable bonds is 3. The van der Waals surface area contributed by atoms with Crippen molar-refractivity contribution in [3.63, 3.8) is 0 Å². The van der Waals surface area contributed by atoms with Crippen molar-refractivity contribution in [2.75, 3.05) is 6.54 Å². The molecule has 1 saturated heterocycles. The highest BCUT2D eigenvalue weighted by Crippen LogP contribution is 2.45. The van der Waals surface area contributed by atoms with Gasteiger partial charge in [0.1, 0.15) is 0 Å². The van der Waals surface area contributed by atoms with Crippen LogP contribution in [0.1, 0.15) is 46.5 Å². The van der Waals surface area contributed by atoms with Crippen molar-refractivity contribution in [1.82, 2.24) is 4.90 Å². The number of likely N-dealkylation sites (tertiary alicyclic amines) is 1. The Hall–Kier alpha value is -0.530. The molecule has 2 heteroatoms. The van der Waals surface area contributed by atoms with E-state index in [1.807, 2.05) is 0 Å². The number of piperidine rings is 1. The molecule has 2 aliphatic rings. The van der Waals surface area contributed by atoms with E-state index < -0.39 is 0 Å². The maximum absolute atomic E-state index is 11.8. The highest BCUT2D eigenvalue weighted by atomic mass is 16.2. The van der Waals surface area contributed by atoms with Crippen molar-refractivity contribution in [3.8, 4) is 0 Å². The highest BCUT2D eigenvalue weighted by Gasteiger charge is 2.46. The van der Waals surface area contributed by atoms with Crippen LogP contribution in [0.4, 0.5) is 0 Å². The normalized spacial score (nSPS) is 34.1. The number of carbonyl (C=O) groups excluding carboxylic acids is 1. The zero-order valence-corrected chi connectivity index (χ0v) is 10.2. The van der Waals surface area contributed by atoms with E-state index in [4.69, 9.17) is 0 Å². The minimum atomic E-state index is 0.396. The topological polar surface area (TPSA) is 20.3 Å². The van der Waals surface area contributed by atoms with Crippen LogP contribution in [0.25, 0.3) is 0 Å². The summed E-state index contributed by atoms with van der Waals surface area (Å²) in [6, 6.07) is 0.585. The standard InChI is InChI=1S/C13H23NO/c1-4-5-13(15)14-8-10-6-11(14)7-12(10)9(2)3/h9-12H,4-8H2,1-3H3. The lowest BCUT2D eigenvalue weighted by molar-refractivity contribution is -0.133. The van der Waals surface area contributed by atoms with Crippen molar-refractivity contribution in [3.05, 3.63) is 0 Å². The molecule has 2 bridgehead atoms. The van der Waals surface area contributed by atoms with Crippen LogP contribution in [0.15, 0.2) is 0 Å². The van der Waals surface area contributed by atoms with Gasteiger partial charge in [0.05, 0.1) is 0 Å². The predicted molar refractivity (Wildman–Crippen MR) is 61.5 cm³/mol. The second kappa shape index (κ2) is 4.15. The van der Waals surface area contributed by atoms with Crippen molar-refractivity contribution < 1.29 is 4.79 Å². The summed E-state index contributed by atoms with van der Waals surface area (Å²) in [4.78, 5) is 14.0. The fraction of sp³-hybridized carbons (Fsp3) is 0.923. The molecule has 3 atom stereocenters. The Labute approximate surface area is 93.0 Å². The number of amides is 1. The fourth-order valence-electron chi connectivity index (χ4n) is 3.47. The second-order valence-electron chi connectivity index (χ2n) is 5.59. The second-order valence-corrected chi connectivity index (χ2v) is 5.59.